The summed E-state index contributed by atoms with van der Waals surface area (Å²) in [5.41, 5.74) is 1.07. The van der Waals surface area contributed by atoms with Gasteiger partial charge in [0, 0.05) is 25.9 Å². The summed E-state index contributed by atoms with van der Waals surface area (Å²) < 4.78 is 21.8. The van der Waals surface area contributed by atoms with Gasteiger partial charge in [0.2, 0.25) is 0 Å². The van der Waals surface area contributed by atoms with Crippen molar-refractivity contribution in [1.82, 2.24) is 0 Å². The average Bonchev–Trinajstić information content (AvgIpc) is 2.76. The maximum atomic E-state index is 8.47. The molecule has 0 saturated carbocycles. The Balaban J connectivity index is 0.000000528. The van der Waals surface area contributed by atoms with Crippen LogP contribution in [0.4, 0.5) is 0 Å². The van der Waals surface area contributed by atoms with E-state index in [0.29, 0.717) is 19.8 Å². The standard InChI is InChI=1S/C13H18O3.C6H14O3.CH4O/c1-2-8-14-12-9-15-13(16-10-12)11-6-4-3-5-7-11;1-2-3-9-6(4-7)5-8;1-2/h3-7,12-13H,2,8-10H2,1H3;6-8H,2-5H2,1H3;2H,1H3. The molecule has 27 heavy (non-hydrogen) atoms. The zero-order chi connectivity index (χ0) is 20.3. The third-order valence-electron chi connectivity index (χ3n) is 3.46. The number of hydrogen-bond acceptors (Lipinski definition) is 7. The molecule has 0 atom stereocenters. The van der Waals surface area contributed by atoms with Crippen molar-refractivity contribution >= 4 is 0 Å². The Labute approximate surface area is 162 Å². The van der Waals surface area contributed by atoms with Crippen molar-refractivity contribution in [2.45, 2.75) is 45.2 Å². The molecule has 0 aromatic heterocycles. The van der Waals surface area contributed by atoms with Crippen LogP contribution >= 0.6 is 0 Å². The van der Waals surface area contributed by atoms with Crippen molar-refractivity contribution in [3.05, 3.63) is 35.9 Å². The first-order valence-electron chi connectivity index (χ1n) is 9.42. The number of aliphatic hydroxyl groups is 3. The lowest BCUT2D eigenvalue weighted by molar-refractivity contribution is -0.230. The van der Waals surface area contributed by atoms with Gasteiger partial charge in [-0.15, -0.1) is 0 Å². The molecule has 0 bridgehead atoms. The lowest BCUT2D eigenvalue weighted by Crippen LogP contribution is -2.33. The third-order valence-corrected chi connectivity index (χ3v) is 3.46. The number of ether oxygens (including phenoxy) is 4. The van der Waals surface area contributed by atoms with E-state index in [2.05, 4.69) is 6.92 Å². The molecule has 7 heteroatoms. The van der Waals surface area contributed by atoms with Gasteiger partial charge in [-0.05, 0) is 12.8 Å². The average molecular weight is 389 g/mol. The maximum Gasteiger partial charge on any atom is 0.184 e. The summed E-state index contributed by atoms with van der Waals surface area (Å²) in [5, 5.41) is 23.9. The van der Waals surface area contributed by atoms with Crippen LogP contribution in [0.3, 0.4) is 0 Å². The Morgan fingerprint density at radius 3 is 2.00 bits per heavy atom. The zero-order valence-corrected chi connectivity index (χ0v) is 16.8. The fourth-order valence-corrected chi connectivity index (χ4v) is 2.12. The van der Waals surface area contributed by atoms with Crippen molar-refractivity contribution in [1.29, 1.82) is 0 Å². The van der Waals surface area contributed by atoms with Gasteiger partial charge in [-0.1, -0.05) is 44.2 Å². The van der Waals surface area contributed by atoms with Gasteiger partial charge in [0.1, 0.15) is 12.2 Å². The minimum atomic E-state index is -0.384. The molecule has 0 aliphatic carbocycles. The van der Waals surface area contributed by atoms with Crippen LogP contribution < -0.4 is 0 Å². The summed E-state index contributed by atoms with van der Waals surface area (Å²) in [4.78, 5) is 0. The highest BCUT2D eigenvalue weighted by Gasteiger charge is 2.23. The highest BCUT2D eigenvalue weighted by atomic mass is 16.7. The van der Waals surface area contributed by atoms with E-state index >= 15 is 0 Å². The minimum absolute atomic E-state index is 0.0833. The Kier molecular flexibility index (Phi) is 17.6. The second-order valence-electron chi connectivity index (χ2n) is 5.76. The summed E-state index contributed by atoms with van der Waals surface area (Å²) in [6.07, 6.45) is 1.40. The van der Waals surface area contributed by atoms with E-state index in [4.69, 9.17) is 34.3 Å². The molecule has 1 aliphatic heterocycles. The van der Waals surface area contributed by atoms with E-state index < -0.39 is 0 Å². The van der Waals surface area contributed by atoms with Gasteiger partial charge >= 0.3 is 0 Å². The number of rotatable bonds is 9. The SMILES string of the molecule is CCCOC(CO)CO.CCCOC1COC(c2ccccc2)OC1.CO. The van der Waals surface area contributed by atoms with Gasteiger partial charge in [-0.2, -0.15) is 0 Å². The highest BCUT2D eigenvalue weighted by Crippen LogP contribution is 2.23. The van der Waals surface area contributed by atoms with Crippen LogP contribution in [0.1, 0.15) is 38.5 Å². The smallest absolute Gasteiger partial charge is 0.184 e. The summed E-state index contributed by atoms with van der Waals surface area (Å²) in [7, 11) is 1.00. The monoisotopic (exact) mass is 388 g/mol. The fourth-order valence-electron chi connectivity index (χ4n) is 2.12. The van der Waals surface area contributed by atoms with E-state index in [-0.39, 0.29) is 31.7 Å². The van der Waals surface area contributed by atoms with Crippen molar-refractivity contribution in [3.8, 4) is 0 Å². The molecule has 7 nitrogen and oxygen atoms in total. The van der Waals surface area contributed by atoms with Crippen LogP contribution in [-0.4, -0.2) is 74.3 Å². The molecule has 0 amide bonds. The summed E-state index contributed by atoms with van der Waals surface area (Å²) >= 11 is 0. The van der Waals surface area contributed by atoms with E-state index in [1.807, 2.05) is 37.3 Å². The molecule has 1 aromatic rings. The molecule has 1 saturated heterocycles. The molecule has 0 spiro atoms. The fraction of sp³-hybridized carbons (Fsp3) is 0.700. The highest BCUT2D eigenvalue weighted by molar-refractivity contribution is 5.16. The predicted molar refractivity (Wildman–Crippen MR) is 103 cm³/mol. The molecule has 1 aliphatic rings. The van der Waals surface area contributed by atoms with E-state index in [1.165, 1.54) is 0 Å². The van der Waals surface area contributed by atoms with Crippen molar-refractivity contribution < 1.29 is 34.3 Å². The van der Waals surface area contributed by atoms with E-state index in [0.717, 1.165) is 32.1 Å². The lowest BCUT2D eigenvalue weighted by atomic mass is 10.2. The van der Waals surface area contributed by atoms with Crippen LogP contribution in [0.25, 0.3) is 0 Å². The Morgan fingerprint density at radius 2 is 1.52 bits per heavy atom. The molecular formula is C20H36O7. The summed E-state index contributed by atoms with van der Waals surface area (Å²) in [6.45, 7) is 6.47. The molecule has 158 valence electrons. The van der Waals surface area contributed by atoms with E-state index in [9.17, 15) is 0 Å². The van der Waals surface area contributed by atoms with Crippen LogP contribution in [0.5, 0.6) is 0 Å². The first-order chi connectivity index (χ1) is 13.2. The molecule has 1 heterocycles. The molecule has 3 N–H and O–H groups in total. The van der Waals surface area contributed by atoms with Crippen molar-refractivity contribution in [2.75, 3.05) is 46.8 Å². The van der Waals surface area contributed by atoms with Crippen LogP contribution in [0.2, 0.25) is 0 Å². The Bertz CT molecular complexity index is 404. The summed E-state index contributed by atoms with van der Waals surface area (Å²) in [5.74, 6) is 0. The van der Waals surface area contributed by atoms with Gasteiger partial charge in [0.25, 0.3) is 0 Å². The van der Waals surface area contributed by atoms with Crippen molar-refractivity contribution in [2.24, 2.45) is 0 Å². The number of aliphatic hydroxyl groups excluding tert-OH is 3. The van der Waals surface area contributed by atoms with Gasteiger partial charge in [-0.3, -0.25) is 0 Å². The second-order valence-corrected chi connectivity index (χ2v) is 5.76. The number of hydrogen-bond donors (Lipinski definition) is 3. The largest absolute Gasteiger partial charge is 0.400 e. The summed E-state index contributed by atoms with van der Waals surface area (Å²) in [6, 6.07) is 9.98. The second kappa shape index (κ2) is 18.3. The molecule has 0 radical (unpaired) electrons. The molecule has 2 rings (SSSR count). The minimum Gasteiger partial charge on any atom is -0.400 e. The topological polar surface area (TPSA) is 97.6 Å². The molecule has 1 aromatic carbocycles. The first kappa shape index (κ1) is 25.9. The van der Waals surface area contributed by atoms with E-state index in [1.54, 1.807) is 0 Å². The van der Waals surface area contributed by atoms with Gasteiger partial charge in [0.05, 0.1) is 26.4 Å². The maximum absolute atomic E-state index is 8.47. The third kappa shape index (κ3) is 12.1. The van der Waals surface area contributed by atoms with Gasteiger partial charge in [-0.25, -0.2) is 0 Å². The molecular weight excluding hydrogens is 352 g/mol. The first-order valence-corrected chi connectivity index (χ1v) is 9.42. The zero-order valence-electron chi connectivity index (χ0n) is 16.8. The van der Waals surface area contributed by atoms with Crippen LogP contribution in [0, 0.1) is 0 Å². The van der Waals surface area contributed by atoms with Crippen LogP contribution in [0.15, 0.2) is 30.3 Å². The Hall–Kier alpha value is -1.06. The van der Waals surface area contributed by atoms with Gasteiger partial charge < -0.3 is 34.3 Å². The lowest BCUT2D eigenvalue weighted by Gasteiger charge is -2.29. The molecule has 0 unspecified atom stereocenters. The predicted octanol–water partition coefficient (Wildman–Crippen LogP) is 1.90. The van der Waals surface area contributed by atoms with Crippen LogP contribution in [-0.2, 0) is 18.9 Å². The van der Waals surface area contributed by atoms with Gasteiger partial charge in [0.15, 0.2) is 6.29 Å². The quantitative estimate of drug-likeness (QED) is 0.594. The normalized spacial score (nSPS) is 18.9. The number of benzene rings is 1. The Morgan fingerprint density at radius 1 is 0.963 bits per heavy atom. The van der Waals surface area contributed by atoms with Crippen molar-refractivity contribution in [3.63, 3.8) is 0 Å². The molecule has 1 fully saturated rings.